The summed E-state index contributed by atoms with van der Waals surface area (Å²) in [5.74, 6) is -0.281. The smallest absolute Gasteiger partial charge is 0.256 e. The molecule has 0 saturated carbocycles. The normalized spacial score (nSPS) is 13.7. The maximum Gasteiger partial charge on any atom is 0.256 e. The van der Waals surface area contributed by atoms with E-state index in [0.717, 1.165) is 50.0 Å². The summed E-state index contributed by atoms with van der Waals surface area (Å²) in [5, 5.41) is 8.78. The predicted octanol–water partition coefficient (Wildman–Crippen LogP) is 5.66. The average molecular weight is 469 g/mol. The lowest BCUT2D eigenvalue weighted by Crippen LogP contribution is -2.23. The van der Waals surface area contributed by atoms with Crippen LogP contribution in [0.5, 0.6) is 0 Å². The second kappa shape index (κ2) is 8.76. The molecular weight excluding hydrogens is 444 g/mol. The van der Waals surface area contributed by atoms with Crippen molar-refractivity contribution in [3.63, 3.8) is 0 Å². The van der Waals surface area contributed by atoms with Crippen LogP contribution in [0, 0.1) is 13.8 Å². The summed E-state index contributed by atoms with van der Waals surface area (Å²) in [4.78, 5) is 33.4. The van der Waals surface area contributed by atoms with Gasteiger partial charge in [-0.1, -0.05) is 36.4 Å². The molecule has 4 aromatic rings. The van der Waals surface area contributed by atoms with Crippen LogP contribution in [0.4, 0.5) is 5.69 Å². The minimum absolute atomic E-state index is 0.116. The summed E-state index contributed by atoms with van der Waals surface area (Å²) in [5.41, 5.74) is 8.02. The fraction of sp³-hybridized carbons (Fsp3) is 0.148. The number of thiazole rings is 1. The highest BCUT2D eigenvalue weighted by Gasteiger charge is 2.26. The molecule has 1 aliphatic heterocycles. The van der Waals surface area contributed by atoms with E-state index >= 15 is 0 Å². The number of H-pyrrole nitrogens is 1. The summed E-state index contributed by atoms with van der Waals surface area (Å²) < 4.78 is 0. The number of rotatable bonds is 5. The Kier molecular flexibility index (Phi) is 5.63. The highest BCUT2D eigenvalue weighted by Crippen LogP contribution is 2.38. The zero-order valence-electron chi connectivity index (χ0n) is 19.2. The number of hydrogen-bond donors (Lipinski definition) is 3. The quantitative estimate of drug-likeness (QED) is 0.330. The molecule has 170 valence electrons. The molecule has 5 rings (SSSR count). The highest BCUT2D eigenvalue weighted by molar-refractivity contribution is 7.13. The second-order valence-electron chi connectivity index (χ2n) is 8.20. The van der Waals surface area contributed by atoms with Crippen LogP contribution >= 0.6 is 11.3 Å². The van der Waals surface area contributed by atoms with Crippen LogP contribution in [0.25, 0.3) is 33.5 Å². The molecule has 0 atom stereocenters. The molecule has 3 heterocycles. The van der Waals surface area contributed by atoms with E-state index in [1.165, 1.54) is 0 Å². The molecule has 0 bridgehead atoms. The summed E-state index contributed by atoms with van der Waals surface area (Å²) in [6, 6.07) is 16.0. The molecule has 2 amide bonds. The molecule has 0 fully saturated rings. The zero-order chi connectivity index (χ0) is 23.8. The van der Waals surface area contributed by atoms with Crippen LogP contribution in [0.1, 0.15) is 39.8 Å². The third-order valence-corrected chi connectivity index (χ3v) is 6.84. The lowest BCUT2D eigenvalue weighted by atomic mass is 10.0. The van der Waals surface area contributed by atoms with Gasteiger partial charge in [0.25, 0.3) is 11.8 Å². The Balaban J connectivity index is 1.52. The first kappa shape index (κ1) is 21.9. The Morgan fingerprint density at radius 3 is 2.68 bits per heavy atom. The van der Waals surface area contributed by atoms with Gasteiger partial charge >= 0.3 is 0 Å². The summed E-state index contributed by atoms with van der Waals surface area (Å²) in [7, 11) is 0. The molecule has 0 radical (unpaired) electrons. The van der Waals surface area contributed by atoms with Crippen LogP contribution in [0.3, 0.4) is 0 Å². The molecule has 0 aliphatic carbocycles. The van der Waals surface area contributed by atoms with Gasteiger partial charge in [0.15, 0.2) is 0 Å². The van der Waals surface area contributed by atoms with E-state index in [2.05, 4.69) is 15.6 Å². The van der Waals surface area contributed by atoms with Crippen molar-refractivity contribution in [2.24, 2.45) is 0 Å². The van der Waals surface area contributed by atoms with Gasteiger partial charge in [-0.05, 0) is 44.5 Å². The minimum Gasteiger partial charge on any atom is -0.358 e. The standard InChI is InChI=1S/C27H24N4O2S/c1-4-28-26(33)24-15(2)22(29-16(24)3)13-20-19-12-18(10-11-21(19)30-25(20)32)23-14-34-27(31-23)17-8-6-5-7-9-17/h5-14,29H,4H2,1-3H3,(H,28,33)(H,30,32)/b20-13-. The van der Waals surface area contributed by atoms with Crippen molar-refractivity contribution in [1.29, 1.82) is 0 Å². The van der Waals surface area contributed by atoms with Gasteiger partial charge in [-0.25, -0.2) is 4.98 Å². The number of hydrogen-bond acceptors (Lipinski definition) is 4. The first-order valence-corrected chi connectivity index (χ1v) is 12.0. The zero-order valence-corrected chi connectivity index (χ0v) is 20.0. The second-order valence-corrected chi connectivity index (χ2v) is 9.06. The SMILES string of the molecule is CCNC(=O)c1c(C)[nH]c(/C=C2\C(=O)Nc3ccc(-c4csc(-c5ccccc5)n4)cc32)c1C. The topological polar surface area (TPSA) is 86.9 Å². The minimum atomic E-state index is -0.165. The van der Waals surface area contributed by atoms with Crippen molar-refractivity contribution in [2.45, 2.75) is 20.8 Å². The van der Waals surface area contributed by atoms with Crippen molar-refractivity contribution in [3.05, 3.63) is 82.0 Å². The van der Waals surface area contributed by atoms with Gasteiger partial charge in [-0.3, -0.25) is 9.59 Å². The number of nitrogens with one attached hydrogen (secondary N) is 3. The number of carbonyl (C=O) groups excluding carboxylic acids is 2. The van der Waals surface area contributed by atoms with Crippen LogP contribution in [-0.4, -0.2) is 28.3 Å². The molecule has 6 nitrogen and oxygen atoms in total. The lowest BCUT2D eigenvalue weighted by molar-refractivity contribution is -0.110. The number of aryl methyl sites for hydroxylation is 1. The molecule has 2 aromatic carbocycles. The summed E-state index contributed by atoms with van der Waals surface area (Å²) in [6.07, 6.45) is 1.83. The van der Waals surface area contributed by atoms with Crippen molar-refractivity contribution in [3.8, 4) is 21.8 Å². The van der Waals surface area contributed by atoms with E-state index in [4.69, 9.17) is 4.98 Å². The van der Waals surface area contributed by atoms with Crippen molar-refractivity contribution in [1.82, 2.24) is 15.3 Å². The first-order chi connectivity index (χ1) is 16.5. The number of aromatic amines is 1. The number of nitrogens with zero attached hydrogens (tertiary/aromatic N) is 1. The summed E-state index contributed by atoms with van der Waals surface area (Å²) in [6.45, 7) is 6.21. The van der Waals surface area contributed by atoms with Crippen LogP contribution in [0.2, 0.25) is 0 Å². The fourth-order valence-electron chi connectivity index (χ4n) is 4.26. The molecule has 3 N–H and O–H groups in total. The Labute approximate surface area is 201 Å². The van der Waals surface area contributed by atoms with Crippen molar-refractivity contribution < 1.29 is 9.59 Å². The van der Waals surface area contributed by atoms with Gasteiger partial charge in [0.2, 0.25) is 0 Å². The predicted molar refractivity (Wildman–Crippen MR) is 138 cm³/mol. The molecule has 0 unspecified atom stereocenters. The average Bonchev–Trinajstić information content (AvgIpc) is 3.51. The van der Waals surface area contributed by atoms with Gasteiger partial charge in [0.05, 0.1) is 16.8 Å². The van der Waals surface area contributed by atoms with E-state index in [1.54, 1.807) is 11.3 Å². The Morgan fingerprint density at radius 1 is 1.12 bits per heavy atom. The molecule has 2 aromatic heterocycles. The first-order valence-electron chi connectivity index (χ1n) is 11.1. The largest absolute Gasteiger partial charge is 0.358 e. The molecule has 0 saturated heterocycles. The number of anilines is 1. The van der Waals surface area contributed by atoms with Crippen LogP contribution < -0.4 is 10.6 Å². The van der Waals surface area contributed by atoms with E-state index < -0.39 is 0 Å². The maximum atomic E-state index is 12.8. The maximum absolute atomic E-state index is 12.8. The monoisotopic (exact) mass is 468 g/mol. The molecule has 7 heteroatoms. The van der Waals surface area contributed by atoms with E-state index in [9.17, 15) is 9.59 Å². The van der Waals surface area contributed by atoms with E-state index in [-0.39, 0.29) is 11.8 Å². The van der Waals surface area contributed by atoms with Crippen molar-refractivity contribution in [2.75, 3.05) is 11.9 Å². The number of carbonyl (C=O) groups is 2. The van der Waals surface area contributed by atoms with Crippen LogP contribution in [0.15, 0.2) is 53.9 Å². The lowest BCUT2D eigenvalue weighted by Gasteiger charge is -2.04. The number of amides is 2. The van der Waals surface area contributed by atoms with Gasteiger partial charge in [0.1, 0.15) is 5.01 Å². The number of benzene rings is 2. The number of aromatic nitrogens is 2. The van der Waals surface area contributed by atoms with Crippen molar-refractivity contribution >= 4 is 40.5 Å². The fourth-order valence-corrected chi connectivity index (χ4v) is 5.10. The Hall–Kier alpha value is -3.97. The Morgan fingerprint density at radius 2 is 1.91 bits per heavy atom. The van der Waals surface area contributed by atoms with Gasteiger partial charge in [0, 0.05) is 45.7 Å². The van der Waals surface area contributed by atoms with E-state index in [1.807, 2.05) is 80.8 Å². The number of fused-ring (bicyclic) bond motifs is 1. The molecule has 1 aliphatic rings. The Bertz CT molecular complexity index is 1450. The van der Waals surface area contributed by atoms with Gasteiger partial charge in [-0.2, -0.15) is 0 Å². The molecular formula is C27H24N4O2S. The van der Waals surface area contributed by atoms with E-state index in [0.29, 0.717) is 17.7 Å². The molecule has 0 spiro atoms. The van der Waals surface area contributed by atoms with Gasteiger partial charge < -0.3 is 15.6 Å². The summed E-state index contributed by atoms with van der Waals surface area (Å²) >= 11 is 1.60. The third-order valence-electron chi connectivity index (χ3n) is 5.95. The van der Waals surface area contributed by atoms with Crippen LogP contribution in [-0.2, 0) is 4.79 Å². The molecule has 34 heavy (non-hydrogen) atoms. The third kappa shape index (κ3) is 3.84. The highest BCUT2D eigenvalue weighted by atomic mass is 32.1. The van der Waals surface area contributed by atoms with Gasteiger partial charge in [-0.15, -0.1) is 11.3 Å².